The van der Waals surface area contributed by atoms with Gasteiger partial charge in [-0.05, 0) is 29.4 Å². The average molecular weight is 715 g/mol. The van der Waals surface area contributed by atoms with Gasteiger partial charge in [0, 0.05) is 5.56 Å². The van der Waals surface area contributed by atoms with Crippen molar-refractivity contribution in [2.75, 3.05) is 0 Å². The molecule has 0 unspecified atom stereocenters. The summed E-state index contributed by atoms with van der Waals surface area (Å²) in [5.74, 6) is 0.00370. The van der Waals surface area contributed by atoms with Crippen LogP contribution in [0.25, 0.3) is 16.9 Å². The maximum atomic E-state index is 11.4. The summed E-state index contributed by atoms with van der Waals surface area (Å²) in [6.07, 6.45) is 1.05. The van der Waals surface area contributed by atoms with Crippen LogP contribution < -0.4 is 10.4 Å². The molecule has 1 radical (unpaired) electrons. The molecule has 0 fully saturated rings. The fraction of sp³-hybridized carbons (Fsp3) is 0.184. The maximum Gasteiger partial charge on any atom is 0.103 e. The molecular weight excluding hydrogens is 677 g/mol. The van der Waals surface area contributed by atoms with Gasteiger partial charge in [0.25, 0.3) is 0 Å². The van der Waals surface area contributed by atoms with Crippen molar-refractivity contribution < 1.29 is 25.6 Å². The molecule has 0 atom stereocenters. The largest absolute Gasteiger partial charge is 0.179 e. The van der Waals surface area contributed by atoms with E-state index in [-0.39, 0.29) is 21.4 Å². The SMILES string of the molecule is CC(C)c1cccc(C(C)C)c1C([NH-])=O.[Cl][Zr+2][Cl].[c-]1cccc2c1Cc1ccccc1-2.c1ccc([SiH]c2ccccc2)cc1. The van der Waals surface area contributed by atoms with E-state index in [1.807, 2.05) is 52.0 Å². The van der Waals surface area contributed by atoms with Gasteiger partial charge in [0.1, 0.15) is 9.52 Å². The van der Waals surface area contributed by atoms with E-state index in [0.29, 0.717) is 5.56 Å². The Morgan fingerprint density at radius 2 is 1.18 bits per heavy atom. The first-order chi connectivity index (χ1) is 21.3. The van der Waals surface area contributed by atoms with Crippen molar-refractivity contribution in [2.45, 2.75) is 46.0 Å². The molecule has 44 heavy (non-hydrogen) atoms. The Balaban J connectivity index is 0.000000173. The third kappa shape index (κ3) is 10.7. The van der Waals surface area contributed by atoms with Crippen LogP contribution in [0.4, 0.5) is 0 Å². The van der Waals surface area contributed by atoms with Crippen molar-refractivity contribution in [3.05, 3.63) is 161 Å². The van der Waals surface area contributed by atoms with Crippen LogP contribution in [0.15, 0.2) is 121 Å². The summed E-state index contributed by atoms with van der Waals surface area (Å²) in [6, 6.07) is 45.3. The topological polar surface area (TPSA) is 40.9 Å². The molecule has 0 aliphatic heterocycles. The van der Waals surface area contributed by atoms with E-state index in [0.717, 1.165) is 17.5 Å². The first-order valence-corrected chi connectivity index (χ1v) is 22.1. The first-order valence-electron chi connectivity index (χ1n) is 14.6. The molecule has 1 aliphatic carbocycles. The molecular formula is C38H38Cl2NOSiZr. The monoisotopic (exact) mass is 712 g/mol. The maximum absolute atomic E-state index is 11.4. The molecule has 0 saturated carbocycles. The van der Waals surface area contributed by atoms with Crippen molar-refractivity contribution in [1.82, 2.24) is 0 Å². The molecule has 5 aromatic carbocycles. The normalized spacial score (nSPS) is 10.5. The Kier molecular flexibility index (Phi) is 15.4. The van der Waals surface area contributed by atoms with Gasteiger partial charge in [-0.1, -0.05) is 152 Å². The molecule has 6 rings (SSSR count). The molecule has 0 spiro atoms. The zero-order valence-electron chi connectivity index (χ0n) is 25.7. The molecule has 0 aromatic heterocycles. The quantitative estimate of drug-likeness (QED) is 0.130. The number of amides is 1. The second-order valence-corrected chi connectivity index (χ2v) is 16.2. The van der Waals surface area contributed by atoms with Crippen LogP contribution in [0.1, 0.15) is 72.1 Å². The second kappa shape index (κ2) is 18.9. The fourth-order valence-corrected chi connectivity index (χ4v) is 6.32. The number of hydrogen-bond donors (Lipinski definition) is 0. The second-order valence-electron chi connectivity index (χ2n) is 10.9. The van der Waals surface area contributed by atoms with Crippen molar-refractivity contribution in [2.24, 2.45) is 0 Å². The van der Waals surface area contributed by atoms with Crippen LogP contribution in [0.2, 0.25) is 0 Å². The zero-order chi connectivity index (χ0) is 31.9. The predicted molar refractivity (Wildman–Crippen MR) is 188 cm³/mol. The summed E-state index contributed by atoms with van der Waals surface area (Å²) in [7, 11) is 10.1. The average Bonchev–Trinajstić information content (AvgIpc) is 3.41. The number of hydrogen-bond acceptors (Lipinski definition) is 1. The van der Waals surface area contributed by atoms with E-state index >= 15 is 0 Å². The minimum absolute atomic E-state index is 0.271. The van der Waals surface area contributed by atoms with E-state index in [9.17, 15) is 4.79 Å². The van der Waals surface area contributed by atoms with Crippen LogP contribution in [0.5, 0.6) is 0 Å². The van der Waals surface area contributed by atoms with Crippen molar-refractivity contribution in [1.29, 1.82) is 0 Å². The molecule has 2 nitrogen and oxygen atoms in total. The Hall–Kier alpha value is -2.75. The standard InChI is InChI=1S/C13H19NO.C13H9.C12H11Si.2ClH.Zr/c1-8(2)10-6-5-7-11(9(3)4)12(10)13(14)15;1-3-7-12-10(5-1)9-11-6-2-4-8-13(11)12;1-3-7-11(8-4-1)13-12-9-5-2-6-10-12;;;/h5-9H,1-4H3,(H2,14,15);1-5,7-8H,9H2;1-10,13H;2*1H;/q;-1;;;;+4/p-3. The van der Waals surface area contributed by atoms with Gasteiger partial charge >= 0.3 is 37.9 Å². The number of halogens is 2. The minimum Gasteiger partial charge on any atom is -0.179 e. The van der Waals surface area contributed by atoms with Crippen LogP contribution in [-0.2, 0) is 27.3 Å². The third-order valence-electron chi connectivity index (χ3n) is 7.15. The Morgan fingerprint density at radius 1 is 0.705 bits per heavy atom. The van der Waals surface area contributed by atoms with Crippen LogP contribution in [0, 0.1) is 6.07 Å². The molecule has 6 heteroatoms. The van der Waals surface area contributed by atoms with Crippen molar-refractivity contribution in [3.8, 4) is 11.1 Å². The van der Waals surface area contributed by atoms with Gasteiger partial charge in [-0.3, -0.25) is 0 Å². The van der Waals surface area contributed by atoms with E-state index in [1.165, 1.54) is 32.6 Å². The van der Waals surface area contributed by atoms with Gasteiger partial charge in [-0.2, -0.15) is 29.8 Å². The number of benzene rings is 5. The molecule has 1 amide bonds. The number of rotatable bonds is 5. The predicted octanol–water partition coefficient (Wildman–Crippen LogP) is 9.63. The number of carbonyl (C=O) groups excluding carboxylic acids is 1. The molecule has 223 valence electrons. The van der Waals surface area contributed by atoms with E-state index in [4.69, 9.17) is 22.8 Å². The van der Waals surface area contributed by atoms with Crippen molar-refractivity contribution >= 4 is 42.8 Å². The van der Waals surface area contributed by atoms with Gasteiger partial charge in [-0.15, -0.1) is 5.56 Å². The molecule has 5 aromatic rings. The number of carbonyl (C=O) groups is 1. The molecule has 1 aliphatic rings. The van der Waals surface area contributed by atoms with Gasteiger partial charge < -0.3 is 10.5 Å². The Labute approximate surface area is 284 Å². The third-order valence-corrected chi connectivity index (χ3v) is 8.59. The first kappa shape index (κ1) is 35.7. The molecule has 1 N–H and O–H groups in total. The molecule has 0 heterocycles. The number of nitrogens with one attached hydrogen (secondary N) is 1. The number of fused-ring (bicyclic) bond motifs is 3. The van der Waals surface area contributed by atoms with Gasteiger partial charge in [0.2, 0.25) is 0 Å². The molecule has 0 bridgehead atoms. The summed E-state index contributed by atoms with van der Waals surface area (Å²) >= 11 is -0.826. The van der Waals surface area contributed by atoms with E-state index < -0.39 is 26.8 Å². The Morgan fingerprint density at radius 3 is 1.68 bits per heavy atom. The van der Waals surface area contributed by atoms with Gasteiger partial charge in [0.15, 0.2) is 0 Å². The smallest absolute Gasteiger partial charge is 0.103 e. The van der Waals surface area contributed by atoms with Crippen molar-refractivity contribution in [3.63, 3.8) is 0 Å². The van der Waals surface area contributed by atoms with Gasteiger partial charge in [0.05, 0.1) is 5.91 Å². The van der Waals surface area contributed by atoms with Gasteiger partial charge in [-0.25, -0.2) is 0 Å². The van der Waals surface area contributed by atoms with E-state index in [2.05, 4.69) is 103 Å². The van der Waals surface area contributed by atoms with E-state index in [1.54, 1.807) is 0 Å². The fourth-order valence-electron chi connectivity index (χ4n) is 5.10. The van der Waals surface area contributed by atoms with Crippen LogP contribution >= 0.6 is 17.0 Å². The van der Waals surface area contributed by atoms with Crippen LogP contribution in [-0.4, -0.2) is 15.4 Å². The zero-order valence-corrected chi connectivity index (χ0v) is 30.8. The van der Waals surface area contributed by atoms with Crippen LogP contribution in [0.3, 0.4) is 0 Å². The summed E-state index contributed by atoms with van der Waals surface area (Å²) < 4.78 is 0. The summed E-state index contributed by atoms with van der Waals surface area (Å²) in [5.41, 5.74) is 15.4. The summed E-state index contributed by atoms with van der Waals surface area (Å²) in [5, 5.41) is 2.90. The summed E-state index contributed by atoms with van der Waals surface area (Å²) in [6.45, 7) is 8.19. The minimum atomic E-state index is -0.826. The molecule has 0 saturated heterocycles. The Bertz CT molecular complexity index is 1490. The summed E-state index contributed by atoms with van der Waals surface area (Å²) in [4.78, 5) is 11.4.